The van der Waals surface area contributed by atoms with Crippen LogP contribution in [0.1, 0.15) is 6.92 Å². The fourth-order valence-electron chi connectivity index (χ4n) is 0.143. The Hall–Kier alpha value is -1.89. The first-order valence-corrected chi connectivity index (χ1v) is 3.39. The molecule has 0 radical (unpaired) electrons. The number of carboxylic acids is 3. The van der Waals surface area contributed by atoms with E-state index < -0.39 is 23.9 Å². The van der Waals surface area contributed by atoms with E-state index >= 15 is 0 Å². The van der Waals surface area contributed by atoms with Crippen molar-refractivity contribution in [2.75, 3.05) is 0 Å². The van der Waals surface area contributed by atoms with Gasteiger partial charge in [0.1, 0.15) is 6.04 Å². The van der Waals surface area contributed by atoms with Gasteiger partial charge in [-0.25, -0.2) is 9.59 Å². The van der Waals surface area contributed by atoms with Crippen molar-refractivity contribution in [3.63, 3.8) is 0 Å². The Morgan fingerprint density at radius 3 is 1.36 bits per heavy atom. The molecule has 14 heavy (non-hydrogen) atoms. The van der Waals surface area contributed by atoms with Gasteiger partial charge in [0.25, 0.3) is 0 Å². The van der Waals surface area contributed by atoms with Crippen LogP contribution >= 0.6 is 0 Å². The van der Waals surface area contributed by atoms with Crippen molar-refractivity contribution in [2.24, 2.45) is 5.73 Å². The summed E-state index contributed by atoms with van der Waals surface area (Å²) in [5.74, 6) is -3.48. The van der Waals surface area contributed by atoms with Gasteiger partial charge in [-0.15, -0.1) is 0 Å². The molecule has 0 aliphatic heterocycles. The predicted octanol–water partition coefficient (Wildman–Crippen LogP) is -0.870. The first-order chi connectivity index (χ1) is 6.27. The number of nitrogens with two attached hydrogens (primary N) is 1. The molecule has 80 valence electrons. The molecule has 0 aromatic heterocycles. The van der Waals surface area contributed by atoms with Crippen LogP contribution < -0.4 is 5.73 Å². The Morgan fingerprint density at radius 2 is 1.29 bits per heavy atom. The molecule has 0 aliphatic rings. The molecule has 1 unspecified atom stereocenters. The number of aliphatic carboxylic acids is 3. The van der Waals surface area contributed by atoms with Crippen LogP contribution in [0.2, 0.25) is 0 Å². The number of rotatable bonds is 3. The van der Waals surface area contributed by atoms with E-state index in [1.54, 1.807) is 0 Å². The van der Waals surface area contributed by atoms with Crippen molar-refractivity contribution in [1.82, 2.24) is 0 Å². The highest BCUT2D eigenvalue weighted by Gasteiger charge is 1.99. The second kappa shape index (κ2) is 7.74. The van der Waals surface area contributed by atoms with Gasteiger partial charge in [0, 0.05) is 12.2 Å². The third kappa shape index (κ3) is 16.6. The first kappa shape index (κ1) is 14.6. The van der Waals surface area contributed by atoms with Crippen LogP contribution in [-0.4, -0.2) is 39.3 Å². The van der Waals surface area contributed by atoms with E-state index in [1.807, 2.05) is 0 Å². The third-order valence-electron chi connectivity index (χ3n) is 0.758. The maximum atomic E-state index is 9.57. The lowest BCUT2D eigenvalue weighted by Gasteiger charge is -1.90. The average Bonchev–Trinajstić information content (AvgIpc) is 2.01. The van der Waals surface area contributed by atoms with Crippen LogP contribution in [-0.2, 0) is 14.4 Å². The minimum absolute atomic E-state index is 0.558. The molecule has 0 saturated carbocycles. The number of carbonyl (C=O) groups is 3. The summed E-state index contributed by atoms with van der Waals surface area (Å²) in [4.78, 5) is 28.7. The van der Waals surface area contributed by atoms with Gasteiger partial charge in [-0.05, 0) is 6.92 Å². The summed E-state index contributed by atoms with van der Waals surface area (Å²) < 4.78 is 0. The van der Waals surface area contributed by atoms with Gasteiger partial charge in [-0.3, -0.25) is 4.79 Å². The Kier molecular flexibility index (Phi) is 8.09. The smallest absolute Gasteiger partial charge is 0.328 e. The third-order valence-corrected chi connectivity index (χ3v) is 0.758. The number of hydrogen-bond acceptors (Lipinski definition) is 4. The maximum Gasteiger partial charge on any atom is 0.328 e. The van der Waals surface area contributed by atoms with Crippen molar-refractivity contribution in [3.05, 3.63) is 12.2 Å². The van der Waals surface area contributed by atoms with Gasteiger partial charge in [0.05, 0.1) is 0 Å². The molecule has 0 saturated heterocycles. The lowest BCUT2D eigenvalue weighted by molar-refractivity contribution is -0.138. The standard InChI is InChI=1S/C4H4O4.C3H7NO2/c5-3(6)1-2-4(7)8;1-2(4)3(5)6/h1-2H,(H,5,6)(H,7,8);2H,4H2,1H3,(H,5,6). The lowest BCUT2D eigenvalue weighted by Crippen LogP contribution is -2.25. The van der Waals surface area contributed by atoms with Crippen molar-refractivity contribution in [1.29, 1.82) is 0 Å². The molecule has 0 aromatic rings. The van der Waals surface area contributed by atoms with Crippen LogP contribution in [0.15, 0.2) is 12.2 Å². The van der Waals surface area contributed by atoms with Crippen molar-refractivity contribution < 1.29 is 29.7 Å². The molecule has 7 heteroatoms. The van der Waals surface area contributed by atoms with E-state index in [0.717, 1.165) is 0 Å². The Labute approximate surface area is 79.5 Å². The second-order valence-corrected chi connectivity index (χ2v) is 2.14. The van der Waals surface area contributed by atoms with Crippen molar-refractivity contribution in [2.45, 2.75) is 13.0 Å². The van der Waals surface area contributed by atoms with Gasteiger partial charge >= 0.3 is 17.9 Å². The lowest BCUT2D eigenvalue weighted by atomic mass is 10.4. The highest BCUT2D eigenvalue weighted by Crippen LogP contribution is 1.70. The highest BCUT2D eigenvalue weighted by molar-refractivity contribution is 5.89. The molecule has 5 N–H and O–H groups in total. The van der Waals surface area contributed by atoms with Gasteiger partial charge in [0.15, 0.2) is 0 Å². The first-order valence-electron chi connectivity index (χ1n) is 3.39. The van der Waals surface area contributed by atoms with Crippen molar-refractivity contribution >= 4 is 17.9 Å². The molecule has 0 amide bonds. The SMILES string of the molecule is CC(N)C(=O)O.O=C(O)C=CC(=O)O. The summed E-state index contributed by atoms with van der Waals surface area (Å²) in [6.07, 6.45) is 1.12. The maximum absolute atomic E-state index is 9.57. The summed E-state index contributed by atoms with van der Waals surface area (Å²) in [5, 5.41) is 23.5. The Morgan fingerprint density at radius 1 is 1.07 bits per heavy atom. The minimum Gasteiger partial charge on any atom is -0.480 e. The molecule has 0 bridgehead atoms. The monoisotopic (exact) mass is 205 g/mol. The van der Waals surface area contributed by atoms with Crippen LogP contribution in [0.4, 0.5) is 0 Å². The number of hydrogen-bond donors (Lipinski definition) is 4. The van der Waals surface area contributed by atoms with E-state index in [1.165, 1.54) is 6.92 Å². The zero-order chi connectivity index (χ0) is 11.7. The molecule has 0 aromatic carbocycles. The largest absolute Gasteiger partial charge is 0.480 e. The molecule has 0 fully saturated rings. The van der Waals surface area contributed by atoms with E-state index in [0.29, 0.717) is 12.2 Å². The molecular formula is C7H11NO6. The van der Waals surface area contributed by atoms with E-state index in [4.69, 9.17) is 21.1 Å². The molecule has 0 spiro atoms. The zero-order valence-corrected chi connectivity index (χ0v) is 7.38. The van der Waals surface area contributed by atoms with Crippen LogP contribution in [0.3, 0.4) is 0 Å². The minimum atomic E-state index is -1.26. The van der Waals surface area contributed by atoms with Crippen LogP contribution in [0.25, 0.3) is 0 Å². The summed E-state index contributed by atoms with van der Waals surface area (Å²) in [5.41, 5.74) is 4.84. The molecule has 0 heterocycles. The van der Waals surface area contributed by atoms with Gasteiger partial charge in [-0.2, -0.15) is 0 Å². The molecule has 0 aliphatic carbocycles. The number of carboxylic acid groups (broad SMARTS) is 3. The predicted molar refractivity (Wildman–Crippen MR) is 45.7 cm³/mol. The van der Waals surface area contributed by atoms with Gasteiger partial charge in [0.2, 0.25) is 0 Å². The van der Waals surface area contributed by atoms with Gasteiger partial charge < -0.3 is 21.1 Å². The summed E-state index contributed by atoms with van der Waals surface area (Å²) in [6, 6.07) is -0.731. The molecule has 7 nitrogen and oxygen atoms in total. The fraction of sp³-hybridized carbons (Fsp3) is 0.286. The zero-order valence-electron chi connectivity index (χ0n) is 7.38. The molecular weight excluding hydrogens is 194 g/mol. The van der Waals surface area contributed by atoms with E-state index in [2.05, 4.69) is 0 Å². The van der Waals surface area contributed by atoms with Crippen molar-refractivity contribution in [3.8, 4) is 0 Å². The Balaban J connectivity index is 0. The van der Waals surface area contributed by atoms with Crippen LogP contribution in [0.5, 0.6) is 0 Å². The highest BCUT2D eigenvalue weighted by atomic mass is 16.4. The topological polar surface area (TPSA) is 138 Å². The second-order valence-electron chi connectivity index (χ2n) is 2.14. The molecule has 0 rings (SSSR count). The summed E-state index contributed by atoms with van der Waals surface area (Å²) in [6.45, 7) is 1.42. The summed E-state index contributed by atoms with van der Waals surface area (Å²) in [7, 11) is 0. The van der Waals surface area contributed by atoms with Gasteiger partial charge in [-0.1, -0.05) is 0 Å². The van der Waals surface area contributed by atoms with Crippen LogP contribution in [0, 0.1) is 0 Å². The fourth-order valence-corrected chi connectivity index (χ4v) is 0.143. The Bertz CT molecular complexity index is 229. The van der Waals surface area contributed by atoms with E-state index in [9.17, 15) is 14.4 Å². The summed E-state index contributed by atoms with van der Waals surface area (Å²) >= 11 is 0. The quantitative estimate of drug-likeness (QED) is 0.439. The average molecular weight is 205 g/mol. The normalized spacial score (nSPS) is 11.3. The van der Waals surface area contributed by atoms with E-state index in [-0.39, 0.29) is 0 Å². The molecule has 1 atom stereocenters.